The average Bonchev–Trinajstić information content (AvgIpc) is 3.27. The van der Waals surface area contributed by atoms with Crippen LogP contribution in [0.1, 0.15) is 50.8 Å². The summed E-state index contributed by atoms with van der Waals surface area (Å²) < 4.78 is 24.7. The molecule has 1 amide bonds. The fourth-order valence-corrected chi connectivity index (χ4v) is 6.34. The molecule has 39 heavy (non-hydrogen) atoms. The second-order valence-electron chi connectivity index (χ2n) is 9.32. The molecule has 1 aliphatic rings. The van der Waals surface area contributed by atoms with Gasteiger partial charge in [0.1, 0.15) is 0 Å². The largest absolute Gasteiger partial charge is 0.361 e. The van der Waals surface area contributed by atoms with Gasteiger partial charge in [-0.05, 0) is 74.8 Å². The Morgan fingerprint density at radius 3 is 2.23 bits per heavy atom. The van der Waals surface area contributed by atoms with E-state index in [-0.39, 0.29) is 19.1 Å². The number of carbonyl (C=O) groups is 1. The normalized spacial score (nSPS) is 14.3. The van der Waals surface area contributed by atoms with Crippen LogP contribution in [-0.2, 0) is 25.0 Å². The van der Waals surface area contributed by atoms with Crippen molar-refractivity contribution in [2.24, 2.45) is 0 Å². The van der Waals surface area contributed by atoms with Gasteiger partial charge in [0.05, 0.1) is 29.8 Å². The highest BCUT2D eigenvalue weighted by Crippen LogP contribution is 2.48. The van der Waals surface area contributed by atoms with Crippen molar-refractivity contribution in [1.29, 1.82) is 0 Å². The summed E-state index contributed by atoms with van der Waals surface area (Å²) in [5, 5.41) is 6.89. The number of anilines is 2. The predicted octanol–water partition coefficient (Wildman–Crippen LogP) is 6.74. The molecule has 0 saturated carbocycles. The Bertz CT molecular complexity index is 1350. The van der Waals surface area contributed by atoms with Crippen LogP contribution in [0.2, 0.25) is 0 Å². The maximum Gasteiger partial charge on any atom is 0.361 e. The summed E-state index contributed by atoms with van der Waals surface area (Å²) in [5.74, 6) is -0.231. The summed E-state index contributed by atoms with van der Waals surface area (Å²) in [6.07, 6.45) is 1.12. The van der Waals surface area contributed by atoms with Crippen LogP contribution < -0.4 is 15.9 Å². The van der Waals surface area contributed by atoms with E-state index in [2.05, 4.69) is 41.5 Å². The van der Waals surface area contributed by atoms with E-state index in [0.29, 0.717) is 27.8 Å². The van der Waals surface area contributed by atoms with Gasteiger partial charge in [-0.15, -0.1) is 0 Å². The number of fused-ring (bicyclic) bond motifs is 1. The van der Waals surface area contributed by atoms with Gasteiger partial charge < -0.3 is 19.7 Å². The third kappa shape index (κ3) is 6.68. The zero-order chi connectivity index (χ0) is 27.8. The molecule has 0 aliphatic carbocycles. The monoisotopic (exact) mass is 547 g/mol. The zero-order valence-corrected chi connectivity index (χ0v) is 24.1. The molecule has 1 aliphatic heterocycles. The van der Waals surface area contributed by atoms with E-state index in [1.807, 2.05) is 42.5 Å². The van der Waals surface area contributed by atoms with Crippen LogP contribution in [0.3, 0.4) is 0 Å². The fraction of sp³-hybridized carbons (Fsp3) is 0.323. The van der Waals surface area contributed by atoms with Gasteiger partial charge in [-0.2, -0.15) is 0 Å². The Balaban J connectivity index is 1.76. The van der Waals surface area contributed by atoms with E-state index >= 15 is 0 Å². The van der Waals surface area contributed by atoms with Crippen LogP contribution in [0.5, 0.6) is 0 Å². The van der Waals surface area contributed by atoms with Crippen LogP contribution in [-0.4, -0.2) is 37.1 Å². The van der Waals surface area contributed by atoms with Crippen molar-refractivity contribution in [3.05, 3.63) is 89.5 Å². The van der Waals surface area contributed by atoms with Gasteiger partial charge in [0.2, 0.25) is 0 Å². The van der Waals surface area contributed by atoms with Gasteiger partial charge >= 0.3 is 7.60 Å². The molecule has 1 heterocycles. The molecule has 0 fully saturated rings. The van der Waals surface area contributed by atoms with E-state index in [0.717, 1.165) is 37.3 Å². The van der Waals surface area contributed by atoms with Crippen molar-refractivity contribution < 1.29 is 18.4 Å². The summed E-state index contributed by atoms with van der Waals surface area (Å²) >= 11 is 0. The Hall–Kier alpha value is -3.22. The number of hydrogen-bond acceptors (Lipinski definition) is 6. The molecule has 0 aromatic heterocycles. The topological polar surface area (TPSA) is 79.9 Å². The van der Waals surface area contributed by atoms with Crippen molar-refractivity contribution in [2.75, 3.05) is 36.9 Å². The molecular weight excluding hydrogens is 509 g/mol. The number of carbonyl (C=O) groups excluding carboxylic acids is 1. The highest BCUT2D eigenvalue weighted by Gasteiger charge is 2.33. The Morgan fingerprint density at radius 1 is 0.923 bits per heavy atom. The van der Waals surface area contributed by atoms with E-state index in [4.69, 9.17) is 9.05 Å². The van der Waals surface area contributed by atoms with Gasteiger partial charge in [0.25, 0.3) is 5.91 Å². The molecule has 0 saturated heterocycles. The van der Waals surface area contributed by atoms with Gasteiger partial charge in [0, 0.05) is 23.5 Å². The SMILES string of the molecule is CCCN(CC)Cc1ccc(N/C(=C2\C(=O)Nc3ccc(P(=O)(OCC)OCC)cc32)c2ccccc2)cc1. The van der Waals surface area contributed by atoms with Crippen molar-refractivity contribution >= 4 is 41.5 Å². The van der Waals surface area contributed by atoms with Crippen LogP contribution in [0, 0.1) is 0 Å². The van der Waals surface area contributed by atoms with E-state index in [1.54, 1.807) is 32.0 Å². The first kappa shape index (κ1) is 28.8. The van der Waals surface area contributed by atoms with Crippen LogP contribution in [0.4, 0.5) is 11.4 Å². The second-order valence-corrected chi connectivity index (χ2v) is 11.4. The summed E-state index contributed by atoms with van der Waals surface area (Å²) in [5.41, 5.74) is 5.42. The molecule has 206 valence electrons. The fourth-order valence-electron chi connectivity index (χ4n) is 4.75. The lowest BCUT2D eigenvalue weighted by Crippen LogP contribution is -2.23. The Morgan fingerprint density at radius 2 is 1.62 bits per heavy atom. The highest BCUT2D eigenvalue weighted by atomic mass is 31.2. The second kappa shape index (κ2) is 13.2. The molecule has 0 spiro atoms. The smallest absolute Gasteiger partial charge is 0.354 e. The molecule has 3 aromatic carbocycles. The lowest BCUT2D eigenvalue weighted by atomic mass is 10.00. The van der Waals surface area contributed by atoms with Crippen LogP contribution in [0.15, 0.2) is 72.8 Å². The lowest BCUT2D eigenvalue weighted by molar-refractivity contribution is -0.110. The van der Waals surface area contributed by atoms with Crippen LogP contribution in [0.25, 0.3) is 11.3 Å². The summed E-state index contributed by atoms with van der Waals surface area (Å²) in [6, 6.07) is 23.3. The maximum absolute atomic E-state index is 13.5. The first-order chi connectivity index (χ1) is 18.9. The summed E-state index contributed by atoms with van der Waals surface area (Å²) in [7, 11) is -3.53. The minimum atomic E-state index is -3.53. The highest BCUT2D eigenvalue weighted by molar-refractivity contribution is 7.62. The number of hydrogen-bond donors (Lipinski definition) is 2. The van der Waals surface area contributed by atoms with Crippen molar-refractivity contribution in [2.45, 2.75) is 40.7 Å². The van der Waals surface area contributed by atoms with Gasteiger partial charge in [-0.1, -0.05) is 56.3 Å². The number of benzene rings is 3. The van der Waals surface area contributed by atoms with Crippen molar-refractivity contribution in [3.63, 3.8) is 0 Å². The number of amides is 1. The molecule has 3 aromatic rings. The van der Waals surface area contributed by atoms with Crippen molar-refractivity contribution in [1.82, 2.24) is 4.90 Å². The predicted molar refractivity (Wildman–Crippen MR) is 160 cm³/mol. The zero-order valence-electron chi connectivity index (χ0n) is 23.2. The molecule has 8 heteroatoms. The Kier molecular flexibility index (Phi) is 9.76. The number of nitrogens with one attached hydrogen (secondary N) is 2. The molecule has 0 atom stereocenters. The van der Waals surface area contributed by atoms with Gasteiger partial charge in [-0.3, -0.25) is 14.3 Å². The molecule has 2 N–H and O–H groups in total. The molecule has 0 unspecified atom stereocenters. The molecule has 4 rings (SSSR count). The quantitative estimate of drug-likeness (QED) is 0.182. The van der Waals surface area contributed by atoms with Crippen molar-refractivity contribution in [3.8, 4) is 0 Å². The van der Waals surface area contributed by atoms with E-state index in [9.17, 15) is 9.36 Å². The molecule has 7 nitrogen and oxygen atoms in total. The minimum absolute atomic E-state index is 0.231. The molecular formula is C31H38N3O4P. The lowest BCUT2D eigenvalue weighted by Gasteiger charge is -2.20. The van der Waals surface area contributed by atoms with Gasteiger partial charge in [0.15, 0.2) is 0 Å². The first-order valence-electron chi connectivity index (χ1n) is 13.7. The molecule has 0 bridgehead atoms. The van der Waals surface area contributed by atoms with E-state index < -0.39 is 7.60 Å². The third-order valence-corrected chi connectivity index (χ3v) is 8.70. The minimum Gasteiger partial charge on any atom is -0.354 e. The molecule has 0 radical (unpaired) electrons. The standard InChI is InChI=1S/C31H38N3O4P/c1-5-20-34(6-2)22-23-14-16-25(17-15-23)32-30(24-12-10-9-11-13-24)29-27-21-26(18-19-28(27)33-31(29)35)39(36,37-7-3)38-8-4/h9-19,21,32H,5-8,20,22H2,1-4H3,(H,33,35)/b30-29-. The number of rotatable bonds is 13. The third-order valence-electron chi connectivity index (χ3n) is 6.59. The first-order valence-corrected chi connectivity index (χ1v) is 15.2. The summed E-state index contributed by atoms with van der Waals surface area (Å²) in [6.45, 7) is 11.4. The number of nitrogens with zero attached hydrogens (tertiary/aromatic N) is 1. The summed E-state index contributed by atoms with van der Waals surface area (Å²) in [4.78, 5) is 15.8. The van der Waals surface area contributed by atoms with Crippen LogP contribution >= 0.6 is 7.60 Å². The van der Waals surface area contributed by atoms with Gasteiger partial charge in [-0.25, -0.2) is 0 Å². The maximum atomic E-state index is 13.5. The van der Waals surface area contributed by atoms with E-state index in [1.165, 1.54) is 5.56 Å². The average molecular weight is 548 g/mol. The Labute approximate surface area is 231 Å².